The normalized spacial score (nSPS) is 15.2. The highest BCUT2D eigenvalue weighted by Gasteiger charge is 2.13. The van der Waals surface area contributed by atoms with Crippen LogP contribution in [0.3, 0.4) is 0 Å². The number of anilines is 1. The van der Waals surface area contributed by atoms with E-state index in [4.69, 9.17) is 0 Å². The van der Waals surface area contributed by atoms with Crippen LogP contribution in [-0.4, -0.2) is 12.0 Å². The zero-order valence-corrected chi connectivity index (χ0v) is 8.35. The molecule has 0 aliphatic heterocycles. The first-order valence-corrected chi connectivity index (χ1v) is 4.98. The molecular weight excluding hydrogens is 160 g/mol. The van der Waals surface area contributed by atoms with Crippen molar-refractivity contribution in [2.45, 2.75) is 32.6 Å². The van der Waals surface area contributed by atoms with E-state index < -0.39 is 0 Å². The van der Waals surface area contributed by atoms with E-state index in [0.29, 0.717) is 0 Å². The van der Waals surface area contributed by atoms with Crippen LogP contribution < -0.4 is 5.32 Å². The van der Waals surface area contributed by atoms with E-state index in [9.17, 15) is 0 Å². The molecular formula is C11H16N2. The van der Waals surface area contributed by atoms with Gasteiger partial charge in [0.1, 0.15) is 5.82 Å². The van der Waals surface area contributed by atoms with Gasteiger partial charge in [-0.25, -0.2) is 4.98 Å². The molecule has 0 fully saturated rings. The maximum absolute atomic E-state index is 4.49. The van der Waals surface area contributed by atoms with Gasteiger partial charge in [-0.2, -0.15) is 0 Å². The van der Waals surface area contributed by atoms with Gasteiger partial charge >= 0.3 is 0 Å². The highest BCUT2D eigenvalue weighted by atomic mass is 15.0. The van der Waals surface area contributed by atoms with E-state index in [1.807, 2.05) is 7.05 Å². The summed E-state index contributed by atoms with van der Waals surface area (Å²) in [5.41, 5.74) is 4.08. The second-order valence-electron chi connectivity index (χ2n) is 3.71. The third-order valence-electron chi connectivity index (χ3n) is 2.70. The van der Waals surface area contributed by atoms with Crippen LogP contribution in [0.4, 0.5) is 5.82 Å². The number of nitrogens with zero attached hydrogens (tertiary/aromatic N) is 1. The summed E-state index contributed by atoms with van der Waals surface area (Å²) >= 11 is 0. The zero-order valence-electron chi connectivity index (χ0n) is 8.35. The molecule has 0 spiro atoms. The predicted octanol–water partition coefficient (Wildman–Crippen LogP) is 2.31. The number of fused-ring (bicyclic) bond motifs is 1. The van der Waals surface area contributed by atoms with Crippen molar-refractivity contribution in [1.82, 2.24) is 4.98 Å². The fraction of sp³-hybridized carbons (Fsp3) is 0.545. The Kier molecular flexibility index (Phi) is 2.21. The Balaban J connectivity index is 2.50. The van der Waals surface area contributed by atoms with Crippen LogP contribution in [0, 0.1) is 6.92 Å². The van der Waals surface area contributed by atoms with Crippen molar-refractivity contribution in [2.24, 2.45) is 0 Å². The standard InChI is InChI=1S/C11H16N2/c1-8-7-9-5-3-4-6-10(9)11(12-2)13-8/h7H,3-6H2,1-2H3,(H,12,13). The fourth-order valence-corrected chi connectivity index (χ4v) is 2.09. The second kappa shape index (κ2) is 3.36. The Labute approximate surface area is 79.4 Å². The van der Waals surface area contributed by atoms with Crippen LogP contribution in [0.1, 0.15) is 29.7 Å². The number of rotatable bonds is 1. The van der Waals surface area contributed by atoms with E-state index in [1.165, 1.54) is 36.8 Å². The molecule has 1 aromatic rings. The largest absolute Gasteiger partial charge is 0.373 e. The van der Waals surface area contributed by atoms with E-state index in [1.54, 1.807) is 0 Å². The molecule has 1 aliphatic rings. The first kappa shape index (κ1) is 8.54. The lowest BCUT2D eigenvalue weighted by Gasteiger charge is -2.18. The summed E-state index contributed by atoms with van der Waals surface area (Å²) in [6.07, 6.45) is 5.07. The summed E-state index contributed by atoms with van der Waals surface area (Å²) in [7, 11) is 1.96. The van der Waals surface area contributed by atoms with Crippen LogP contribution in [0.5, 0.6) is 0 Å². The Morgan fingerprint density at radius 1 is 1.31 bits per heavy atom. The Bertz CT molecular complexity index is 301. The molecule has 1 heterocycles. The molecule has 2 heteroatoms. The second-order valence-corrected chi connectivity index (χ2v) is 3.71. The molecule has 1 aromatic heterocycles. The summed E-state index contributed by atoms with van der Waals surface area (Å²) in [5.74, 6) is 1.09. The molecule has 0 bridgehead atoms. The topological polar surface area (TPSA) is 24.9 Å². The predicted molar refractivity (Wildman–Crippen MR) is 55.2 cm³/mol. The van der Waals surface area contributed by atoms with Crippen LogP contribution in [0.2, 0.25) is 0 Å². The van der Waals surface area contributed by atoms with Gasteiger partial charge in [0.15, 0.2) is 0 Å². The van der Waals surface area contributed by atoms with Gasteiger partial charge in [-0.15, -0.1) is 0 Å². The van der Waals surface area contributed by atoms with E-state index in [-0.39, 0.29) is 0 Å². The smallest absolute Gasteiger partial charge is 0.129 e. The lowest BCUT2D eigenvalue weighted by atomic mass is 9.92. The van der Waals surface area contributed by atoms with E-state index >= 15 is 0 Å². The summed E-state index contributed by atoms with van der Waals surface area (Å²) in [5, 5.41) is 3.18. The monoisotopic (exact) mass is 176 g/mol. The summed E-state index contributed by atoms with van der Waals surface area (Å²) in [4.78, 5) is 4.49. The minimum Gasteiger partial charge on any atom is -0.373 e. The first-order chi connectivity index (χ1) is 6.31. The highest BCUT2D eigenvalue weighted by Crippen LogP contribution is 2.26. The molecule has 13 heavy (non-hydrogen) atoms. The molecule has 0 unspecified atom stereocenters. The number of hydrogen-bond acceptors (Lipinski definition) is 2. The van der Waals surface area contributed by atoms with Crippen molar-refractivity contribution in [3.63, 3.8) is 0 Å². The number of pyridine rings is 1. The minimum absolute atomic E-state index is 1.09. The molecule has 2 rings (SSSR count). The van der Waals surface area contributed by atoms with Crippen molar-refractivity contribution < 1.29 is 0 Å². The van der Waals surface area contributed by atoms with Crippen LogP contribution in [0.25, 0.3) is 0 Å². The van der Waals surface area contributed by atoms with Crippen LogP contribution >= 0.6 is 0 Å². The Morgan fingerprint density at radius 2 is 2.08 bits per heavy atom. The summed E-state index contributed by atoms with van der Waals surface area (Å²) in [6.45, 7) is 2.07. The van der Waals surface area contributed by atoms with Gasteiger partial charge in [0.25, 0.3) is 0 Å². The third-order valence-corrected chi connectivity index (χ3v) is 2.70. The molecule has 0 saturated carbocycles. The average Bonchev–Trinajstić information content (AvgIpc) is 2.16. The van der Waals surface area contributed by atoms with Gasteiger partial charge in [-0.05, 0) is 49.8 Å². The van der Waals surface area contributed by atoms with Gasteiger partial charge in [0.05, 0.1) is 0 Å². The molecule has 0 radical (unpaired) electrons. The molecule has 70 valence electrons. The van der Waals surface area contributed by atoms with Crippen molar-refractivity contribution in [3.05, 3.63) is 22.9 Å². The Hall–Kier alpha value is -1.05. The molecule has 1 N–H and O–H groups in total. The van der Waals surface area contributed by atoms with Gasteiger partial charge in [0, 0.05) is 12.7 Å². The molecule has 0 amide bonds. The van der Waals surface area contributed by atoms with Crippen molar-refractivity contribution >= 4 is 5.82 Å². The van der Waals surface area contributed by atoms with Crippen LogP contribution in [0.15, 0.2) is 6.07 Å². The first-order valence-electron chi connectivity index (χ1n) is 4.98. The molecule has 2 nitrogen and oxygen atoms in total. The number of hydrogen-bond donors (Lipinski definition) is 1. The van der Waals surface area contributed by atoms with E-state index in [0.717, 1.165) is 11.5 Å². The van der Waals surface area contributed by atoms with Gasteiger partial charge in [-0.3, -0.25) is 0 Å². The number of aromatic nitrogens is 1. The molecule has 0 aromatic carbocycles. The fourth-order valence-electron chi connectivity index (χ4n) is 2.09. The average molecular weight is 176 g/mol. The summed E-state index contributed by atoms with van der Waals surface area (Å²) in [6, 6.07) is 2.23. The SMILES string of the molecule is CNc1nc(C)cc2c1CCCC2. The third kappa shape index (κ3) is 1.53. The molecule has 1 aliphatic carbocycles. The van der Waals surface area contributed by atoms with Crippen molar-refractivity contribution in [2.75, 3.05) is 12.4 Å². The molecule has 0 saturated heterocycles. The lowest BCUT2D eigenvalue weighted by molar-refractivity contribution is 0.682. The van der Waals surface area contributed by atoms with Crippen LogP contribution in [-0.2, 0) is 12.8 Å². The highest BCUT2D eigenvalue weighted by molar-refractivity contribution is 5.50. The van der Waals surface area contributed by atoms with Gasteiger partial charge in [-0.1, -0.05) is 0 Å². The number of nitrogens with one attached hydrogen (secondary N) is 1. The lowest BCUT2D eigenvalue weighted by Crippen LogP contribution is -2.09. The maximum atomic E-state index is 4.49. The molecule has 0 atom stereocenters. The Morgan fingerprint density at radius 3 is 2.85 bits per heavy atom. The van der Waals surface area contributed by atoms with E-state index in [2.05, 4.69) is 23.3 Å². The van der Waals surface area contributed by atoms with Crippen molar-refractivity contribution in [1.29, 1.82) is 0 Å². The quantitative estimate of drug-likeness (QED) is 0.710. The minimum atomic E-state index is 1.09. The van der Waals surface area contributed by atoms with Gasteiger partial charge in [0.2, 0.25) is 0 Å². The maximum Gasteiger partial charge on any atom is 0.129 e. The van der Waals surface area contributed by atoms with Gasteiger partial charge < -0.3 is 5.32 Å². The number of aryl methyl sites for hydroxylation is 2. The zero-order chi connectivity index (χ0) is 9.26. The summed E-state index contributed by atoms with van der Waals surface area (Å²) < 4.78 is 0. The van der Waals surface area contributed by atoms with Crippen molar-refractivity contribution in [3.8, 4) is 0 Å².